The van der Waals surface area contributed by atoms with Gasteiger partial charge >= 0.3 is 0 Å². The topological polar surface area (TPSA) is 17.8 Å². The van der Waals surface area contributed by atoms with Crippen molar-refractivity contribution in [3.05, 3.63) is 17.0 Å². The van der Waals surface area contributed by atoms with Crippen LogP contribution in [0, 0.1) is 0 Å². The molecule has 0 unspecified atom stereocenters. The van der Waals surface area contributed by atoms with E-state index in [-0.39, 0.29) is 0 Å². The molecule has 0 radical (unpaired) electrons. The fraction of sp³-hybridized carbons (Fsp3) is 0.727. The maximum Gasteiger partial charge on any atom is 0.0659 e. The lowest BCUT2D eigenvalue weighted by atomic mass is 9.95. The van der Waals surface area contributed by atoms with Crippen molar-refractivity contribution >= 4 is 0 Å². The fourth-order valence-corrected chi connectivity index (χ4v) is 2.30. The molecule has 2 nitrogen and oxygen atoms in total. The van der Waals surface area contributed by atoms with Gasteiger partial charge in [0.05, 0.1) is 5.69 Å². The van der Waals surface area contributed by atoms with E-state index in [1.54, 1.807) is 5.56 Å². The van der Waals surface area contributed by atoms with Gasteiger partial charge < -0.3 is 0 Å². The molecule has 2 heteroatoms. The minimum Gasteiger partial charge on any atom is -0.272 e. The summed E-state index contributed by atoms with van der Waals surface area (Å²) in [5.41, 5.74) is 4.42. The molecule has 1 aromatic heterocycles. The third-order valence-corrected chi connectivity index (χ3v) is 2.94. The van der Waals surface area contributed by atoms with Crippen LogP contribution in [-0.2, 0) is 26.3 Å². The molecular formula is C11H18N2. The number of hydrogen-bond donors (Lipinski definition) is 0. The Morgan fingerprint density at radius 2 is 2.08 bits per heavy atom. The van der Waals surface area contributed by atoms with Gasteiger partial charge in [0.15, 0.2) is 0 Å². The lowest BCUT2D eigenvalue weighted by molar-refractivity contribution is 0.663. The number of aryl methyl sites for hydroxylation is 2. The highest BCUT2D eigenvalue weighted by Crippen LogP contribution is 2.24. The Balaban J connectivity index is 2.36. The predicted molar refractivity (Wildman–Crippen MR) is 53.8 cm³/mol. The number of aromatic nitrogens is 2. The van der Waals surface area contributed by atoms with Crippen molar-refractivity contribution in [1.82, 2.24) is 9.78 Å². The molecule has 0 aliphatic heterocycles. The summed E-state index contributed by atoms with van der Waals surface area (Å²) in [5.74, 6) is 0. The van der Waals surface area contributed by atoms with Crippen molar-refractivity contribution in [2.45, 2.75) is 45.4 Å². The Labute approximate surface area is 80.0 Å². The van der Waals surface area contributed by atoms with Gasteiger partial charge in [0.2, 0.25) is 0 Å². The molecule has 0 atom stereocenters. The van der Waals surface area contributed by atoms with Crippen LogP contribution in [0.3, 0.4) is 0 Å². The molecule has 1 heterocycles. The van der Waals surface area contributed by atoms with Gasteiger partial charge in [0, 0.05) is 12.7 Å². The fourth-order valence-electron chi connectivity index (χ4n) is 2.30. The highest BCUT2D eigenvalue weighted by Gasteiger charge is 2.17. The van der Waals surface area contributed by atoms with Gasteiger partial charge in [-0.1, -0.05) is 13.3 Å². The molecule has 0 spiro atoms. The summed E-state index contributed by atoms with van der Waals surface area (Å²) in [4.78, 5) is 0. The molecule has 2 rings (SSSR count). The minimum atomic E-state index is 1.19. The lowest BCUT2D eigenvalue weighted by Crippen LogP contribution is -2.03. The molecule has 0 amide bonds. The van der Waals surface area contributed by atoms with Gasteiger partial charge in [0.25, 0.3) is 0 Å². The Bertz CT molecular complexity index is 299. The Kier molecular flexibility index (Phi) is 2.38. The SMILES string of the molecule is CCCc1c2c(nn1C)CCCC2. The van der Waals surface area contributed by atoms with Crippen LogP contribution in [0.15, 0.2) is 0 Å². The lowest BCUT2D eigenvalue weighted by Gasteiger charge is -2.10. The second-order valence-electron chi connectivity index (χ2n) is 3.95. The van der Waals surface area contributed by atoms with Crippen molar-refractivity contribution in [3.8, 4) is 0 Å². The normalized spacial score (nSPS) is 15.8. The molecule has 1 aliphatic rings. The molecule has 0 saturated carbocycles. The van der Waals surface area contributed by atoms with Crippen molar-refractivity contribution in [1.29, 1.82) is 0 Å². The Hall–Kier alpha value is -0.790. The van der Waals surface area contributed by atoms with Crippen LogP contribution in [0.2, 0.25) is 0 Å². The van der Waals surface area contributed by atoms with Crippen LogP contribution in [0.25, 0.3) is 0 Å². The smallest absolute Gasteiger partial charge is 0.0659 e. The van der Waals surface area contributed by atoms with E-state index in [1.165, 1.54) is 49.9 Å². The summed E-state index contributed by atoms with van der Waals surface area (Å²) in [6.45, 7) is 2.24. The van der Waals surface area contributed by atoms with Crippen LogP contribution < -0.4 is 0 Å². The second-order valence-corrected chi connectivity index (χ2v) is 3.95. The molecular weight excluding hydrogens is 160 g/mol. The summed E-state index contributed by atoms with van der Waals surface area (Å²) in [6, 6.07) is 0. The molecule has 0 saturated heterocycles. The Morgan fingerprint density at radius 1 is 1.31 bits per heavy atom. The molecule has 1 aromatic rings. The summed E-state index contributed by atoms with van der Waals surface area (Å²) < 4.78 is 2.10. The molecule has 13 heavy (non-hydrogen) atoms. The van der Waals surface area contributed by atoms with E-state index >= 15 is 0 Å². The molecule has 0 fully saturated rings. The zero-order valence-electron chi connectivity index (χ0n) is 8.64. The van der Waals surface area contributed by atoms with Crippen LogP contribution in [0.4, 0.5) is 0 Å². The van der Waals surface area contributed by atoms with Gasteiger partial charge in [-0.3, -0.25) is 4.68 Å². The van der Waals surface area contributed by atoms with E-state index in [4.69, 9.17) is 0 Å². The van der Waals surface area contributed by atoms with Crippen molar-refractivity contribution < 1.29 is 0 Å². The minimum absolute atomic E-state index is 1.19. The zero-order chi connectivity index (χ0) is 9.26. The van der Waals surface area contributed by atoms with Crippen molar-refractivity contribution in [2.75, 3.05) is 0 Å². The Morgan fingerprint density at radius 3 is 2.85 bits per heavy atom. The van der Waals surface area contributed by atoms with Crippen molar-refractivity contribution in [2.24, 2.45) is 7.05 Å². The van der Waals surface area contributed by atoms with Crippen LogP contribution >= 0.6 is 0 Å². The monoisotopic (exact) mass is 178 g/mol. The third-order valence-electron chi connectivity index (χ3n) is 2.94. The van der Waals surface area contributed by atoms with Crippen molar-refractivity contribution in [3.63, 3.8) is 0 Å². The standard InChI is InChI=1S/C11H18N2/c1-3-6-11-9-7-4-5-8-10(9)12-13(11)2/h3-8H2,1-2H3. The summed E-state index contributed by atoms with van der Waals surface area (Å²) in [7, 11) is 2.09. The highest BCUT2D eigenvalue weighted by atomic mass is 15.3. The van der Waals surface area contributed by atoms with E-state index in [0.717, 1.165) is 0 Å². The third kappa shape index (κ3) is 1.50. The molecule has 72 valence electrons. The molecule has 0 N–H and O–H groups in total. The first-order valence-corrected chi connectivity index (χ1v) is 5.36. The second kappa shape index (κ2) is 3.52. The maximum atomic E-state index is 4.59. The van der Waals surface area contributed by atoms with E-state index in [2.05, 4.69) is 23.8 Å². The van der Waals surface area contributed by atoms with Gasteiger partial charge in [-0.15, -0.1) is 0 Å². The van der Waals surface area contributed by atoms with Gasteiger partial charge in [-0.05, 0) is 37.7 Å². The molecule has 0 aromatic carbocycles. The number of fused-ring (bicyclic) bond motifs is 1. The van der Waals surface area contributed by atoms with Crippen LogP contribution in [0.5, 0.6) is 0 Å². The summed E-state index contributed by atoms with van der Waals surface area (Å²) >= 11 is 0. The van der Waals surface area contributed by atoms with Crippen LogP contribution in [-0.4, -0.2) is 9.78 Å². The summed E-state index contributed by atoms with van der Waals surface area (Å²) in [5, 5.41) is 4.59. The number of hydrogen-bond acceptors (Lipinski definition) is 1. The summed E-state index contributed by atoms with van der Waals surface area (Å²) in [6.07, 6.45) is 7.57. The van der Waals surface area contributed by atoms with Gasteiger partial charge in [0.1, 0.15) is 0 Å². The largest absolute Gasteiger partial charge is 0.272 e. The quantitative estimate of drug-likeness (QED) is 0.679. The predicted octanol–water partition coefficient (Wildman–Crippen LogP) is 2.25. The molecule has 0 bridgehead atoms. The van der Waals surface area contributed by atoms with E-state index in [1.807, 2.05) is 0 Å². The van der Waals surface area contributed by atoms with Gasteiger partial charge in [-0.25, -0.2) is 0 Å². The zero-order valence-corrected chi connectivity index (χ0v) is 8.64. The number of rotatable bonds is 2. The first-order valence-electron chi connectivity index (χ1n) is 5.36. The van der Waals surface area contributed by atoms with Crippen LogP contribution in [0.1, 0.15) is 43.1 Å². The highest BCUT2D eigenvalue weighted by molar-refractivity contribution is 5.28. The van der Waals surface area contributed by atoms with Gasteiger partial charge in [-0.2, -0.15) is 5.10 Å². The number of nitrogens with zero attached hydrogens (tertiary/aromatic N) is 2. The van der Waals surface area contributed by atoms with E-state index < -0.39 is 0 Å². The molecule has 1 aliphatic carbocycles. The average Bonchev–Trinajstić information content (AvgIpc) is 2.44. The first-order chi connectivity index (χ1) is 6.33. The average molecular weight is 178 g/mol. The van der Waals surface area contributed by atoms with E-state index in [9.17, 15) is 0 Å². The van der Waals surface area contributed by atoms with E-state index in [0.29, 0.717) is 0 Å². The first kappa shape index (κ1) is 8.79. The maximum absolute atomic E-state index is 4.59.